The van der Waals surface area contributed by atoms with Gasteiger partial charge in [0.1, 0.15) is 11.6 Å². The molecule has 1 unspecified atom stereocenters. The summed E-state index contributed by atoms with van der Waals surface area (Å²) in [4.78, 5) is 16.7. The highest BCUT2D eigenvalue weighted by Gasteiger charge is 2.20. The van der Waals surface area contributed by atoms with Crippen LogP contribution in [0.1, 0.15) is 49.1 Å². The Kier molecular flexibility index (Phi) is 7.11. The lowest BCUT2D eigenvalue weighted by atomic mass is 10.1. The van der Waals surface area contributed by atoms with Crippen molar-refractivity contribution >= 4 is 18.3 Å². The van der Waals surface area contributed by atoms with Crippen molar-refractivity contribution < 1.29 is 9.18 Å². The van der Waals surface area contributed by atoms with Crippen molar-refractivity contribution in [1.82, 2.24) is 25.4 Å². The zero-order chi connectivity index (χ0) is 17.8. The third-order valence-corrected chi connectivity index (χ3v) is 4.40. The second-order valence-electron chi connectivity index (χ2n) is 6.74. The lowest BCUT2D eigenvalue weighted by Crippen LogP contribution is -2.27. The first-order chi connectivity index (χ1) is 12.0. The van der Waals surface area contributed by atoms with Crippen LogP contribution in [0.5, 0.6) is 0 Å². The molecule has 1 fully saturated rings. The van der Waals surface area contributed by atoms with Crippen molar-refractivity contribution in [3.05, 3.63) is 41.7 Å². The first-order valence-corrected chi connectivity index (χ1v) is 8.76. The molecule has 142 valence electrons. The second kappa shape index (κ2) is 9.09. The molecule has 0 bridgehead atoms. The minimum Gasteiger partial charge on any atom is -0.349 e. The number of halogens is 2. The minimum absolute atomic E-state index is 0. The van der Waals surface area contributed by atoms with Crippen LogP contribution in [0.2, 0.25) is 0 Å². The molecular formula is C18H25ClFN5O. The predicted molar refractivity (Wildman–Crippen MR) is 101 cm³/mol. The van der Waals surface area contributed by atoms with Crippen LogP contribution in [0.15, 0.2) is 24.3 Å². The summed E-state index contributed by atoms with van der Waals surface area (Å²) in [6.07, 6.45) is 2.10. The molecule has 3 rings (SSSR count). The molecule has 0 radical (unpaired) electrons. The smallest absolute Gasteiger partial charge is 0.290 e. The van der Waals surface area contributed by atoms with Crippen LogP contribution in [0.25, 0.3) is 5.69 Å². The minimum atomic E-state index is -0.348. The maximum atomic E-state index is 13.5. The Bertz CT molecular complexity index is 743. The average Bonchev–Trinajstić information content (AvgIpc) is 3.24. The zero-order valence-electron chi connectivity index (χ0n) is 15.0. The molecule has 26 heavy (non-hydrogen) atoms. The van der Waals surface area contributed by atoms with Crippen LogP contribution >= 0.6 is 12.4 Å². The molecule has 0 aliphatic carbocycles. The van der Waals surface area contributed by atoms with Crippen molar-refractivity contribution in [2.45, 2.75) is 32.6 Å². The topological polar surface area (TPSA) is 71.8 Å². The Morgan fingerprint density at radius 2 is 2.27 bits per heavy atom. The Hall–Kier alpha value is -1.99. The van der Waals surface area contributed by atoms with E-state index in [1.807, 2.05) is 13.8 Å². The van der Waals surface area contributed by atoms with Gasteiger partial charge in [-0.15, -0.1) is 17.5 Å². The van der Waals surface area contributed by atoms with Gasteiger partial charge in [0.2, 0.25) is 5.82 Å². The standard InChI is InChI=1S/C18H24FN5O.ClH/c1-12(2)17-22-16(18(25)21-9-7-13-6-8-20-11-13)23-24(17)15-5-3-4-14(19)10-15;/h3-5,10,12-13,20H,6-9,11H2,1-2H3,(H,21,25);1H. The fourth-order valence-electron chi connectivity index (χ4n) is 3.02. The van der Waals surface area contributed by atoms with Crippen molar-refractivity contribution in [1.29, 1.82) is 0 Å². The van der Waals surface area contributed by atoms with E-state index in [4.69, 9.17) is 0 Å². The molecule has 1 aliphatic rings. The third-order valence-electron chi connectivity index (χ3n) is 4.40. The molecule has 0 spiro atoms. The van der Waals surface area contributed by atoms with Gasteiger partial charge in [0, 0.05) is 12.5 Å². The summed E-state index contributed by atoms with van der Waals surface area (Å²) in [5, 5.41) is 10.5. The van der Waals surface area contributed by atoms with E-state index >= 15 is 0 Å². The maximum Gasteiger partial charge on any atom is 0.290 e. The van der Waals surface area contributed by atoms with Gasteiger partial charge < -0.3 is 10.6 Å². The van der Waals surface area contributed by atoms with Crippen LogP contribution in [-0.2, 0) is 0 Å². The summed E-state index contributed by atoms with van der Waals surface area (Å²) in [6.45, 7) is 6.61. The van der Waals surface area contributed by atoms with Crippen LogP contribution in [0, 0.1) is 11.7 Å². The number of rotatable bonds is 6. The van der Waals surface area contributed by atoms with E-state index in [9.17, 15) is 9.18 Å². The Labute approximate surface area is 159 Å². The van der Waals surface area contributed by atoms with Gasteiger partial charge in [0.05, 0.1) is 5.69 Å². The van der Waals surface area contributed by atoms with Gasteiger partial charge in [-0.2, -0.15) is 0 Å². The first kappa shape index (κ1) is 20.3. The summed E-state index contributed by atoms with van der Waals surface area (Å²) < 4.78 is 15.1. The van der Waals surface area contributed by atoms with Crippen molar-refractivity contribution in [2.75, 3.05) is 19.6 Å². The van der Waals surface area contributed by atoms with Gasteiger partial charge in [0.15, 0.2) is 0 Å². The monoisotopic (exact) mass is 381 g/mol. The normalized spacial score (nSPS) is 16.5. The number of hydrogen-bond donors (Lipinski definition) is 2. The Morgan fingerprint density at radius 3 is 2.92 bits per heavy atom. The van der Waals surface area contributed by atoms with Crippen molar-refractivity contribution in [2.24, 2.45) is 5.92 Å². The van der Waals surface area contributed by atoms with Crippen molar-refractivity contribution in [3.8, 4) is 5.69 Å². The molecule has 1 aromatic carbocycles. The molecule has 1 atom stereocenters. The molecule has 1 saturated heterocycles. The zero-order valence-corrected chi connectivity index (χ0v) is 15.9. The van der Waals surface area contributed by atoms with Gasteiger partial charge in [-0.25, -0.2) is 14.1 Å². The molecule has 8 heteroatoms. The molecule has 1 aliphatic heterocycles. The SMILES string of the molecule is CC(C)c1nc(C(=O)NCCC2CCNC2)nn1-c1cccc(F)c1.Cl. The number of nitrogens with one attached hydrogen (secondary N) is 2. The number of carbonyl (C=O) groups is 1. The molecule has 2 heterocycles. The summed E-state index contributed by atoms with van der Waals surface area (Å²) in [6, 6.07) is 6.13. The number of aromatic nitrogens is 3. The van der Waals surface area contributed by atoms with Crippen molar-refractivity contribution in [3.63, 3.8) is 0 Å². The molecule has 1 aromatic heterocycles. The van der Waals surface area contributed by atoms with E-state index in [0.29, 0.717) is 24.0 Å². The van der Waals surface area contributed by atoms with E-state index in [2.05, 4.69) is 20.7 Å². The average molecular weight is 382 g/mol. The molecule has 2 N–H and O–H groups in total. The van der Waals surface area contributed by atoms with Crippen LogP contribution in [0.4, 0.5) is 4.39 Å². The van der Waals surface area contributed by atoms with E-state index in [1.54, 1.807) is 16.8 Å². The summed E-state index contributed by atoms with van der Waals surface area (Å²) >= 11 is 0. The largest absolute Gasteiger partial charge is 0.349 e. The maximum absolute atomic E-state index is 13.5. The fraction of sp³-hybridized carbons (Fsp3) is 0.500. The molecule has 6 nitrogen and oxygen atoms in total. The highest BCUT2D eigenvalue weighted by molar-refractivity contribution is 5.90. The number of hydrogen-bond acceptors (Lipinski definition) is 4. The number of nitrogens with zero attached hydrogens (tertiary/aromatic N) is 3. The Morgan fingerprint density at radius 1 is 1.46 bits per heavy atom. The van der Waals surface area contributed by atoms with Gasteiger partial charge in [-0.1, -0.05) is 19.9 Å². The van der Waals surface area contributed by atoms with Gasteiger partial charge >= 0.3 is 0 Å². The van der Waals surface area contributed by atoms with Crippen LogP contribution in [0.3, 0.4) is 0 Å². The number of amides is 1. The van der Waals surface area contributed by atoms with Crippen LogP contribution < -0.4 is 10.6 Å². The van der Waals surface area contributed by atoms with E-state index in [0.717, 1.165) is 25.9 Å². The molecule has 2 aromatic rings. The Balaban J connectivity index is 0.00000243. The van der Waals surface area contributed by atoms with Gasteiger partial charge in [0.25, 0.3) is 5.91 Å². The predicted octanol–water partition coefficient (Wildman–Crippen LogP) is 2.68. The number of carbonyl (C=O) groups excluding carboxylic acids is 1. The third kappa shape index (κ3) is 4.80. The molecular weight excluding hydrogens is 357 g/mol. The van der Waals surface area contributed by atoms with E-state index < -0.39 is 0 Å². The summed E-state index contributed by atoms with van der Waals surface area (Å²) in [7, 11) is 0. The highest BCUT2D eigenvalue weighted by atomic mass is 35.5. The lowest BCUT2D eigenvalue weighted by Gasteiger charge is -2.08. The highest BCUT2D eigenvalue weighted by Crippen LogP contribution is 2.18. The second-order valence-corrected chi connectivity index (χ2v) is 6.74. The lowest BCUT2D eigenvalue weighted by molar-refractivity contribution is 0.0941. The van der Waals surface area contributed by atoms with Crippen LogP contribution in [-0.4, -0.2) is 40.3 Å². The van der Waals surface area contributed by atoms with E-state index in [-0.39, 0.29) is 35.9 Å². The molecule has 1 amide bonds. The van der Waals surface area contributed by atoms with Gasteiger partial charge in [-0.05, 0) is 50.0 Å². The van der Waals surface area contributed by atoms with E-state index in [1.165, 1.54) is 12.1 Å². The fourth-order valence-corrected chi connectivity index (χ4v) is 3.02. The first-order valence-electron chi connectivity index (χ1n) is 8.76. The van der Waals surface area contributed by atoms with Gasteiger partial charge in [-0.3, -0.25) is 4.79 Å². The summed E-state index contributed by atoms with van der Waals surface area (Å²) in [5.74, 6) is 0.793. The quantitative estimate of drug-likeness (QED) is 0.807. The summed E-state index contributed by atoms with van der Waals surface area (Å²) in [5.41, 5.74) is 0.562. The molecule has 0 saturated carbocycles. The number of benzene rings is 1.